The van der Waals surface area contributed by atoms with Crippen molar-refractivity contribution in [2.75, 3.05) is 26.2 Å². The number of amides is 1. The number of aryl methyl sites for hydroxylation is 1. The van der Waals surface area contributed by atoms with E-state index < -0.39 is 0 Å². The van der Waals surface area contributed by atoms with Crippen molar-refractivity contribution in [3.63, 3.8) is 0 Å². The molecule has 35 heavy (non-hydrogen) atoms. The van der Waals surface area contributed by atoms with Crippen LogP contribution in [0.4, 0.5) is 4.39 Å². The van der Waals surface area contributed by atoms with Crippen LogP contribution in [-0.2, 0) is 0 Å². The molecular weight excluding hydrogens is 447 g/mol. The summed E-state index contributed by atoms with van der Waals surface area (Å²) in [6, 6.07) is 13.1. The van der Waals surface area contributed by atoms with Gasteiger partial charge in [0.1, 0.15) is 5.82 Å². The molecular formula is C27H29FN4O3. The Hall–Kier alpha value is -3.39. The topological polar surface area (TPSA) is 88.3 Å². The lowest BCUT2D eigenvalue weighted by atomic mass is 9.89. The van der Waals surface area contributed by atoms with Gasteiger partial charge in [-0.2, -0.15) is 4.98 Å². The number of piperidine rings is 1. The molecule has 0 radical (unpaired) electrons. The molecule has 1 saturated heterocycles. The maximum Gasteiger partial charge on any atom is 0.251 e. The molecule has 1 aliphatic heterocycles. The number of carbonyl (C=O) groups is 2. The van der Waals surface area contributed by atoms with Crippen LogP contribution in [0.2, 0.25) is 0 Å². The van der Waals surface area contributed by atoms with Crippen molar-refractivity contribution in [1.29, 1.82) is 0 Å². The summed E-state index contributed by atoms with van der Waals surface area (Å²) in [5.41, 5.74) is 1.93. The van der Waals surface area contributed by atoms with Gasteiger partial charge in [-0.1, -0.05) is 17.3 Å². The average molecular weight is 477 g/mol. The van der Waals surface area contributed by atoms with Crippen molar-refractivity contribution in [2.24, 2.45) is 17.8 Å². The van der Waals surface area contributed by atoms with E-state index in [1.54, 1.807) is 31.2 Å². The molecule has 1 N–H and O–H groups in total. The number of carbonyl (C=O) groups excluding carboxylic acids is 2. The van der Waals surface area contributed by atoms with Crippen molar-refractivity contribution in [3.05, 3.63) is 71.4 Å². The molecule has 0 unspecified atom stereocenters. The molecule has 2 atom stereocenters. The predicted molar refractivity (Wildman–Crippen MR) is 128 cm³/mol. The zero-order chi connectivity index (χ0) is 24.4. The third-order valence-electron chi connectivity index (χ3n) is 7.08. The second-order valence-corrected chi connectivity index (χ2v) is 9.63. The largest absolute Gasteiger partial charge is 0.352 e. The summed E-state index contributed by atoms with van der Waals surface area (Å²) in [4.78, 5) is 32.0. The van der Waals surface area contributed by atoms with Gasteiger partial charge >= 0.3 is 0 Å². The first-order chi connectivity index (χ1) is 17.0. The van der Waals surface area contributed by atoms with Crippen molar-refractivity contribution in [1.82, 2.24) is 20.4 Å². The molecule has 2 aliphatic rings. The predicted octanol–water partition coefficient (Wildman–Crippen LogP) is 4.14. The number of nitrogens with zero attached hydrogens (tertiary/aromatic N) is 3. The third-order valence-corrected chi connectivity index (χ3v) is 7.08. The minimum atomic E-state index is -0.320. The van der Waals surface area contributed by atoms with E-state index in [1.807, 2.05) is 12.1 Å². The monoisotopic (exact) mass is 476 g/mol. The Morgan fingerprint density at radius 1 is 1.09 bits per heavy atom. The standard InChI is InChI=1S/C27H29FN4O3/c1-17-30-26(31-35-17)20-3-2-4-21(13-20)27(34)29-15-22-14-23(22)16-32-11-9-19(10-12-32)25(33)18-5-7-24(28)8-6-18/h2-8,13,19,22-23H,9-12,14-16H2,1H3,(H,29,34)/t22-,23-/m0/s1. The highest BCUT2D eigenvalue weighted by molar-refractivity contribution is 5.98. The number of hydrogen-bond acceptors (Lipinski definition) is 6. The molecule has 2 fully saturated rings. The fourth-order valence-corrected chi connectivity index (χ4v) is 4.89. The van der Waals surface area contributed by atoms with E-state index in [4.69, 9.17) is 4.52 Å². The second-order valence-electron chi connectivity index (χ2n) is 9.63. The summed E-state index contributed by atoms with van der Waals surface area (Å²) in [5.74, 6) is 1.74. The number of rotatable bonds is 8. The normalized spacial score (nSPS) is 20.5. The van der Waals surface area contributed by atoms with E-state index in [-0.39, 0.29) is 23.4 Å². The van der Waals surface area contributed by atoms with Crippen LogP contribution in [0.3, 0.4) is 0 Å². The number of halogens is 1. The Morgan fingerprint density at radius 2 is 1.86 bits per heavy atom. The third kappa shape index (κ3) is 5.65. The van der Waals surface area contributed by atoms with Gasteiger partial charge in [0, 0.05) is 42.6 Å². The van der Waals surface area contributed by atoms with E-state index in [0.29, 0.717) is 41.2 Å². The zero-order valence-electron chi connectivity index (χ0n) is 19.7. The van der Waals surface area contributed by atoms with Crippen LogP contribution >= 0.6 is 0 Å². The lowest BCUT2D eigenvalue weighted by Crippen LogP contribution is -2.38. The molecule has 0 spiro atoms. The van der Waals surface area contributed by atoms with Crippen LogP contribution < -0.4 is 5.32 Å². The van der Waals surface area contributed by atoms with Gasteiger partial charge in [0.15, 0.2) is 5.78 Å². The van der Waals surface area contributed by atoms with Gasteiger partial charge in [-0.05, 0) is 80.6 Å². The number of likely N-dealkylation sites (tertiary alicyclic amines) is 1. The van der Waals surface area contributed by atoms with Gasteiger partial charge in [-0.15, -0.1) is 0 Å². The molecule has 1 saturated carbocycles. The molecule has 3 aromatic rings. The molecule has 1 amide bonds. The van der Waals surface area contributed by atoms with Gasteiger partial charge in [0.25, 0.3) is 5.91 Å². The van der Waals surface area contributed by atoms with Crippen LogP contribution in [0.5, 0.6) is 0 Å². The first-order valence-electron chi connectivity index (χ1n) is 12.2. The van der Waals surface area contributed by atoms with Crippen LogP contribution in [0.1, 0.15) is 45.9 Å². The average Bonchev–Trinajstić information content (AvgIpc) is 3.47. The number of benzene rings is 2. The maximum atomic E-state index is 13.1. The fraction of sp³-hybridized carbons (Fsp3) is 0.407. The first kappa shape index (κ1) is 23.4. The number of aromatic nitrogens is 2. The van der Waals surface area contributed by atoms with E-state index in [2.05, 4.69) is 20.4 Å². The molecule has 0 bridgehead atoms. The van der Waals surface area contributed by atoms with E-state index in [9.17, 15) is 14.0 Å². The van der Waals surface area contributed by atoms with Crippen LogP contribution in [-0.4, -0.2) is 52.9 Å². The fourth-order valence-electron chi connectivity index (χ4n) is 4.89. The zero-order valence-corrected chi connectivity index (χ0v) is 19.7. The number of hydrogen-bond donors (Lipinski definition) is 1. The molecule has 182 valence electrons. The summed E-state index contributed by atoms with van der Waals surface area (Å²) in [6.07, 6.45) is 2.78. The van der Waals surface area contributed by atoms with Gasteiger partial charge in [-0.3, -0.25) is 9.59 Å². The van der Waals surface area contributed by atoms with Gasteiger partial charge in [-0.25, -0.2) is 4.39 Å². The van der Waals surface area contributed by atoms with Gasteiger partial charge in [0.2, 0.25) is 11.7 Å². The Morgan fingerprint density at radius 3 is 2.57 bits per heavy atom. The minimum Gasteiger partial charge on any atom is -0.352 e. The number of Topliss-reactive ketones (excluding diaryl/α,β-unsaturated/α-hetero) is 1. The van der Waals surface area contributed by atoms with Gasteiger partial charge in [0.05, 0.1) is 0 Å². The molecule has 1 aromatic heterocycles. The lowest BCUT2D eigenvalue weighted by molar-refractivity contribution is 0.0835. The van der Waals surface area contributed by atoms with E-state index >= 15 is 0 Å². The van der Waals surface area contributed by atoms with Crippen molar-refractivity contribution in [3.8, 4) is 11.4 Å². The van der Waals surface area contributed by atoms with Crippen LogP contribution in [0, 0.1) is 30.5 Å². The second kappa shape index (κ2) is 10.1. The Bertz CT molecular complexity index is 1200. The molecule has 7 nitrogen and oxygen atoms in total. The summed E-state index contributed by atoms with van der Waals surface area (Å²) in [5, 5.41) is 6.98. The number of nitrogens with one attached hydrogen (secondary N) is 1. The quantitative estimate of drug-likeness (QED) is 0.492. The highest BCUT2D eigenvalue weighted by Gasteiger charge is 2.39. The molecule has 5 rings (SSSR count). The first-order valence-corrected chi connectivity index (χ1v) is 12.2. The Balaban J connectivity index is 1.05. The smallest absolute Gasteiger partial charge is 0.251 e. The van der Waals surface area contributed by atoms with Crippen LogP contribution in [0.15, 0.2) is 53.1 Å². The van der Waals surface area contributed by atoms with Crippen LogP contribution in [0.25, 0.3) is 11.4 Å². The molecule has 8 heteroatoms. The van der Waals surface area contributed by atoms with Crippen molar-refractivity contribution >= 4 is 11.7 Å². The SMILES string of the molecule is Cc1nc(-c2cccc(C(=O)NC[C@@H]3C[C@H]3CN3CCC(C(=O)c4ccc(F)cc4)CC3)c2)no1. The minimum absolute atomic E-state index is 0.0122. The maximum absolute atomic E-state index is 13.1. The number of ketones is 1. The molecule has 2 aromatic carbocycles. The Labute approximate surface area is 203 Å². The summed E-state index contributed by atoms with van der Waals surface area (Å²) in [6.45, 7) is 5.19. The van der Waals surface area contributed by atoms with Crippen molar-refractivity contribution < 1.29 is 18.5 Å². The van der Waals surface area contributed by atoms with Gasteiger partial charge < -0.3 is 14.7 Å². The highest BCUT2D eigenvalue weighted by atomic mass is 19.1. The Kier molecular flexibility index (Phi) is 6.72. The summed E-state index contributed by atoms with van der Waals surface area (Å²) < 4.78 is 18.1. The summed E-state index contributed by atoms with van der Waals surface area (Å²) in [7, 11) is 0. The molecule has 2 heterocycles. The van der Waals surface area contributed by atoms with E-state index in [0.717, 1.165) is 44.5 Å². The summed E-state index contributed by atoms with van der Waals surface area (Å²) >= 11 is 0. The van der Waals surface area contributed by atoms with E-state index in [1.165, 1.54) is 12.1 Å². The van der Waals surface area contributed by atoms with Crippen molar-refractivity contribution in [2.45, 2.75) is 26.2 Å². The molecule has 1 aliphatic carbocycles. The highest BCUT2D eigenvalue weighted by Crippen LogP contribution is 2.39. The lowest BCUT2D eigenvalue weighted by Gasteiger charge is -2.31.